The summed E-state index contributed by atoms with van der Waals surface area (Å²) in [7, 11) is 0. The summed E-state index contributed by atoms with van der Waals surface area (Å²) in [5.74, 6) is 0.195. The van der Waals surface area contributed by atoms with E-state index in [0.717, 1.165) is 45.1 Å². The van der Waals surface area contributed by atoms with E-state index in [4.69, 9.17) is 5.11 Å². The Balaban J connectivity index is 2.04. The predicted octanol–water partition coefficient (Wildman–Crippen LogP) is 1.58. The van der Waals surface area contributed by atoms with Gasteiger partial charge in [0, 0.05) is 13.0 Å². The molecule has 0 radical (unpaired) electrons. The largest absolute Gasteiger partial charge is 0.465 e. The quantitative estimate of drug-likeness (QED) is 0.770. The maximum Gasteiger partial charge on any atom is 0.404 e. The minimum atomic E-state index is -0.980. The molecule has 1 aliphatic carbocycles. The van der Waals surface area contributed by atoms with Crippen LogP contribution in [0.25, 0.3) is 0 Å². The van der Waals surface area contributed by atoms with Crippen molar-refractivity contribution in [1.82, 2.24) is 10.2 Å². The Kier molecular flexibility index (Phi) is 3.86. The van der Waals surface area contributed by atoms with Gasteiger partial charge in [0.25, 0.3) is 0 Å². The summed E-state index contributed by atoms with van der Waals surface area (Å²) in [6.45, 7) is 0.793. The summed E-state index contributed by atoms with van der Waals surface area (Å²) in [6.07, 6.45) is 5.57. The fraction of sp³-hybridized carbons (Fsp3) is 0.833. The van der Waals surface area contributed by atoms with Gasteiger partial charge in [0.2, 0.25) is 5.91 Å². The molecule has 1 aliphatic heterocycles. The lowest BCUT2D eigenvalue weighted by Crippen LogP contribution is -2.55. The summed E-state index contributed by atoms with van der Waals surface area (Å²) in [5.41, 5.74) is 0. The van der Waals surface area contributed by atoms with Gasteiger partial charge >= 0.3 is 6.09 Å². The van der Waals surface area contributed by atoms with E-state index in [0.29, 0.717) is 6.42 Å². The average molecular weight is 240 g/mol. The highest BCUT2D eigenvalue weighted by Crippen LogP contribution is 2.26. The Bertz CT molecular complexity index is 306. The number of rotatable bonds is 2. The fourth-order valence-electron chi connectivity index (χ4n) is 2.99. The Labute approximate surface area is 101 Å². The molecule has 2 fully saturated rings. The first-order valence-electron chi connectivity index (χ1n) is 6.47. The number of hydrogen-bond acceptors (Lipinski definition) is 2. The Morgan fingerprint density at radius 3 is 2.71 bits per heavy atom. The fourth-order valence-corrected chi connectivity index (χ4v) is 2.99. The van der Waals surface area contributed by atoms with Gasteiger partial charge in [0.05, 0.1) is 12.1 Å². The van der Waals surface area contributed by atoms with Crippen LogP contribution >= 0.6 is 0 Å². The van der Waals surface area contributed by atoms with Gasteiger partial charge in [0.15, 0.2) is 0 Å². The molecule has 2 aliphatic rings. The first kappa shape index (κ1) is 12.2. The van der Waals surface area contributed by atoms with E-state index in [-0.39, 0.29) is 18.0 Å². The minimum Gasteiger partial charge on any atom is -0.465 e. The van der Waals surface area contributed by atoms with Gasteiger partial charge in [-0.05, 0) is 25.7 Å². The molecule has 2 rings (SSSR count). The van der Waals surface area contributed by atoms with Crippen molar-refractivity contribution >= 4 is 12.0 Å². The third-order valence-corrected chi connectivity index (χ3v) is 3.80. The second-order valence-electron chi connectivity index (χ2n) is 4.95. The molecule has 2 atom stereocenters. The Morgan fingerprint density at radius 2 is 2.00 bits per heavy atom. The van der Waals surface area contributed by atoms with Crippen LogP contribution in [-0.2, 0) is 4.79 Å². The van der Waals surface area contributed by atoms with Crippen molar-refractivity contribution < 1.29 is 14.7 Å². The van der Waals surface area contributed by atoms with Gasteiger partial charge in [-0.2, -0.15) is 0 Å². The summed E-state index contributed by atoms with van der Waals surface area (Å²) >= 11 is 0. The Morgan fingerprint density at radius 1 is 1.24 bits per heavy atom. The third kappa shape index (κ3) is 2.90. The molecule has 96 valence electrons. The zero-order chi connectivity index (χ0) is 12.3. The molecule has 5 nitrogen and oxygen atoms in total. The van der Waals surface area contributed by atoms with Gasteiger partial charge in [-0.25, -0.2) is 4.79 Å². The highest BCUT2D eigenvalue weighted by Gasteiger charge is 2.34. The van der Waals surface area contributed by atoms with E-state index in [1.807, 2.05) is 4.90 Å². The van der Waals surface area contributed by atoms with E-state index < -0.39 is 6.09 Å². The molecule has 2 amide bonds. The van der Waals surface area contributed by atoms with Crippen molar-refractivity contribution in [3.05, 3.63) is 0 Å². The number of nitrogens with zero attached hydrogens (tertiary/aromatic N) is 1. The second-order valence-corrected chi connectivity index (χ2v) is 4.95. The smallest absolute Gasteiger partial charge is 0.404 e. The molecule has 1 heterocycles. The van der Waals surface area contributed by atoms with Gasteiger partial charge in [-0.1, -0.05) is 12.8 Å². The van der Waals surface area contributed by atoms with Gasteiger partial charge < -0.3 is 15.3 Å². The lowest BCUT2D eigenvalue weighted by Gasteiger charge is -2.41. The molecule has 0 aromatic heterocycles. The van der Waals surface area contributed by atoms with Gasteiger partial charge in [-0.3, -0.25) is 4.79 Å². The van der Waals surface area contributed by atoms with Crippen molar-refractivity contribution in [1.29, 1.82) is 0 Å². The summed E-state index contributed by atoms with van der Waals surface area (Å²) in [6, 6.07) is -0.00375. The van der Waals surface area contributed by atoms with Crippen molar-refractivity contribution in [2.75, 3.05) is 6.54 Å². The predicted molar refractivity (Wildman–Crippen MR) is 62.8 cm³/mol. The van der Waals surface area contributed by atoms with E-state index in [2.05, 4.69) is 5.32 Å². The molecular formula is C12H20N2O3. The van der Waals surface area contributed by atoms with Crippen molar-refractivity contribution in [2.45, 2.75) is 57.0 Å². The van der Waals surface area contributed by atoms with Crippen LogP contribution in [0.3, 0.4) is 0 Å². The van der Waals surface area contributed by atoms with E-state index in [9.17, 15) is 9.59 Å². The van der Waals surface area contributed by atoms with Crippen LogP contribution in [0, 0.1) is 0 Å². The average Bonchev–Trinajstić information content (AvgIpc) is 2.30. The number of amides is 2. The summed E-state index contributed by atoms with van der Waals surface area (Å²) in [4.78, 5) is 24.5. The highest BCUT2D eigenvalue weighted by atomic mass is 16.4. The van der Waals surface area contributed by atoms with Crippen molar-refractivity contribution in [3.63, 3.8) is 0 Å². The molecule has 0 aromatic rings. The van der Waals surface area contributed by atoms with E-state index in [1.165, 1.54) is 0 Å². The first-order valence-corrected chi connectivity index (χ1v) is 6.47. The van der Waals surface area contributed by atoms with Crippen LogP contribution in [0.15, 0.2) is 0 Å². The lowest BCUT2D eigenvalue weighted by molar-refractivity contribution is -0.137. The maximum atomic E-state index is 11.9. The van der Waals surface area contributed by atoms with Crippen LogP contribution in [0.1, 0.15) is 44.9 Å². The molecule has 0 aromatic carbocycles. The van der Waals surface area contributed by atoms with Crippen LogP contribution in [0.4, 0.5) is 4.79 Å². The number of likely N-dealkylation sites (tertiary alicyclic amines) is 1. The van der Waals surface area contributed by atoms with E-state index >= 15 is 0 Å². The molecular weight excluding hydrogens is 220 g/mol. The van der Waals surface area contributed by atoms with Crippen molar-refractivity contribution in [2.24, 2.45) is 0 Å². The lowest BCUT2D eigenvalue weighted by atomic mass is 9.88. The molecule has 0 spiro atoms. The number of carbonyl (C=O) groups excluding carboxylic acids is 1. The molecule has 0 unspecified atom stereocenters. The van der Waals surface area contributed by atoms with Crippen LogP contribution in [-0.4, -0.2) is 40.6 Å². The zero-order valence-corrected chi connectivity index (χ0v) is 10.0. The number of nitrogens with one attached hydrogen (secondary N) is 1. The van der Waals surface area contributed by atoms with Crippen LogP contribution in [0.2, 0.25) is 0 Å². The second kappa shape index (κ2) is 5.38. The third-order valence-electron chi connectivity index (χ3n) is 3.80. The van der Waals surface area contributed by atoms with E-state index in [1.54, 1.807) is 0 Å². The minimum absolute atomic E-state index is 0.0765. The van der Waals surface area contributed by atoms with Crippen molar-refractivity contribution in [3.8, 4) is 0 Å². The number of carbonyl (C=O) groups is 2. The Hall–Kier alpha value is -1.26. The molecule has 17 heavy (non-hydrogen) atoms. The molecule has 1 saturated heterocycles. The molecule has 1 saturated carbocycles. The van der Waals surface area contributed by atoms with Gasteiger partial charge in [-0.15, -0.1) is 0 Å². The number of carboxylic acid groups (broad SMARTS) is 1. The molecule has 0 bridgehead atoms. The summed E-state index contributed by atoms with van der Waals surface area (Å²) < 4.78 is 0. The molecule has 5 heteroatoms. The highest BCUT2D eigenvalue weighted by molar-refractivity contribution is 5.77. The number of hydrogen-bond donors (Lipinski definition) is 2. The topological polar surface area (TPSA) is 69.6 Å². The zero-order valence-electron chi connectivity index (χ0n) is 10.0. The maximum absolute atomic E-state index is 11.9. The van der Waals surface area contributed by atoms with Crippen LogP contribution in [0.5, 0.6) is 0 Å². The standard InChI is InChI=1S/C12H20N2O3/c15-11-7-3-4-8-14(11)10-6-2-1-5-9(10)13-12(16)17/h9-10,13H,1-8H2,(H,16,17)/t9-,10-/m1/s1. The monoisotopic (exact) mass is 240 g/mol. The number of piperidine rings is 1. The molecule has 2 N–H and O–H groups in total. The van der Waals surface area contributed by atoms with Gasteiger partial charge in [0.1, 0.15) is 0 Å². The first-order chi connectivity index (χ1) is 8.18. The normalized spacial score (nSPS) is 30.1. The summed E-state index contributed by atoms with van der Waals surface area (Å²) in [5, 5.41) is 11.4. The SMILES string of the molecule is O=C(O)N[C@@H]1CCCC[C@H]1N1CCCCC1=O. The van der Waals surface area contributed by atoms with Crippen LogP contribution < -0.4 is 5.32 Å².